The second kappa shape index (κ2) is 8.03. The molecular formula is C19H17F3N2O2S. The summed E-state index contributed by atoms with van der Waals surface area (Å²) in [6, 6.07) is 11.8. The largest absolute Gasteiger partial charge is 0.417 e. The molecule has 2 aromatic rings. The van der Waals surface area contributed by atoms with Crippen molar-refractivity contribution in [2.45, 2.75) is 30.5 Å². The van der Waals surface area contributed by atoms with Crippen molar-refractivity contribution in [3.05, 3.63) is 59.2 Å². The lowest BCUT2D eigenvalue weighted by molar-refractivity contribution is -0.137. The average Bonchev–Trinajstić information content (AvgIpc) is 2.60. The lowest BCUT2D eigenvalue weighted by Crippen LogP contribution is -2.42. The Balaban J connectivity index is 2.11. The first kappa shape index (κ1) is 20.8. The minimum absolute atomic E-state index is 0.0182. The fourth-order valence-corrected chi connectivity index (χ4v) is 3.05. The molecule has 0 bridgehead atoms. The van der Waals surface area contributed by atoms with Crippen LogP contribution in [0.1, 0.15) is 23.6 Å². The maximum absolute atomic E-state index is 13.0. The van der Waals surface area contributed by atoms with Gasteiger partial charge in [0.25, 0.3) is 5.91 Å². The van der Waals surface area contributed by atoms with E-state index in [-0.39, 0.29) is 11.4 Å². The molecule has 0 radical (unpaired) electrons. The number of anilines is 1. The van der Waals surface area contributed by atoms with Gasteiger partial charge in [-0.3, -0.25) is 4.79 Å². The van der Waals surface area contributed by atoms with Crippen LogP contribution in [0.5, 0.6) is 0 Å². The van der Waals surface area contributed by atoms with Crippen LogP contribution < -0.4 is 5.32 Å². The van der Waals surface area contributed by atoms with Gasteiger partial charge in [0.05, 0.1) is 17.2 Å². The molecule has 2 rings (SSSR count). The van der Waals surface area contributed by atoms with Crippen LogP contribution in [0.3, 0.4) is 0 Å². The number of carbonyl (C=O) groups is 1. The summed E-state index contributed by atoms with van der Waals surface area (Å²) in [6.45, 7) is 3.22. The second-order valence-electron chi connectivity index (χ2n) is 6.20. The minimum Gasteiger partial charge on any atom is -0.379 e. The molecule has 0 heterocycles. The zero-order chi connectivity index (χ0) is 20.2. The van der Waals surface area contributed by atoms with E-state index < -0.39 is 28.8 Å². The molecule has 0 spiro atoms. The van der Waals surface area contributed by atoms with Gasteiger partial charge in [-0.2, -0.15) is 18.4 Å². The number of aliphatic hydroxyl groups is 1. The highest BCUT2D eigenvalue weighted by atomic mass is 32.2. The Morgan fingerprint density at radius 1 is 1.22 bits per heavy atom. The summed E-state index contributed by atoms with van der Waals surface area (Å²) in [5, 5.41) is 21.5. The predicted molar refractivity (Wildman–Crippen MR) is 97.3 cm³/mol. The SMILES string of the molecule is Cc1ccc(SCC(C)(O)C(=O)Nc2ccc(C#N)c(C(F)(F)F)c2)cc1. The Kier molecular flexibility index (Phi) is 6.19. The quantitative estimate of drug-likeness (QED) is 0.739. The number of aryl methyl sites for hydroxylation is 1. The molecule has 142 valence electrons. The van der Waals surface area contributed by atoms with Gasteiger partial charge in [0.15, 0.2) is 0 Å². The monoisotopic (exact) mass is 394 g/mol. The van der Waals surface area contributed by atoms with Crippen molar-refractivity contribution in [3.8, 4) is 6.07 Å². The molecule has 0 aliphatic carbocycles. The zero-order valence-electron chi connectivity index (χ0n) is 14.6. The molecule has 0 aliphatic rings. The normalized spacial score (nSPS) is 13.5. The van der Waals surface area contributed by atoms with Gasteiger partial charge >= 0.3 is 6.18 Å². The summed E-state index contributed by atoms with van der Waals surface area (Å²) in [5.41, 5.74) is -2.56. The van der Waals surface area contributed by atoms with E-state index in [4.69, 9.17) is 5.26 Å². The molecule has 27 heavy (non-hydrogen) atoms. The van der Waals surface area contributed by atoms with E-state index in [1.54, 1.807) is 0 Å². The number of benzene rings is 2. The van der Waals surface area contributed by atoms with Crippen LogP contribution in [0.4, 0.5) is 18.9 Å². The predicted octanol–water partition coefficient (Wildman–Crippen LogP) is 4.37. The van der Waals surface area contributed by atoms with Crippen molar-refractivity contribution in [2.24, 2.45) is 0 Å². The third kappa shape index (κ3) is 5.49. The van der Waals surface area contributed by atoms with Crippen LogP contribution >= 0.6 is 11.8 Å². The maximum Gasteiger partial charge on any atom is 0.417 e. The Bertz CT molecular complexity index is 872. The fraction of sp³-hybridized carbons (Fsp3) is 0.263. The number of nitrogens with zero attached hydrogens (tertiary/aromatic N) is 1. The van der Waals surface area contributed by atoms with Crippen LogP contribution in [-0.4, -0.2) is 22.4 Å². The summed E-state index contributed by atoms with van der Waals surface area (Å²) in [6.07, 6.45) is -4.73. The standard InChI is InChI=1S/C19H17F3N2O2S/c1-12-3-7-15(8-4-12)27-11-18(2,26)17(25)24-14-6-5-13(10-23)16(9-14)19(20,21)22/h3-9,26H,11H2,1-2H3,(H,24,25). The zero-order valence-corrected chi connectivity index (χ0v) is 15.4. The van der Waals surface area contributed by atoms with Gasteiger partial charge in [-0.15, -0.1) is 11.8 Å². The fourth-order valence-electron chi connectivity index (χ4n) is 2.14. The highest BCUT2D eigenvalue weighted by molar-refractivity contribution is 7.99. The van der Waals surface area contributed by atoms with Crippen LogP contribution in [0, 0.1) is 18.3 Å². The van der Waals surface area contributed by atoms with Crippen LogP contribution in [0.15, 0.2) is 47.4 Å². The number of amides is 1. The number of rotatable bonds is 5. The number of alkyl halides is 3. The van der Waals surface area contributed by atoms with Crippen molar-refractivity contribution < 1.29 is 23.1 Å². The Labute approximate surface area is 159 Å². The Morgan fingerprint density at radius 2 is 1.85 bits per heavy atom. The smallest absolute Gasteiger partial charge is 0.379 e. The molecule has 0 aromatic heterocycles. The first-order chi connectivity index (χ1) is 12.5. The average molecular weight is 394 g/mol. The molecule has 1 unspecified atom stereocenters. The molecule has 2 aromatic carbocycles. The summed E-state index contributed by atoms with van der Waals surface area (Å²) >= 11 is 1.25. The lowest BCUT2D eigenvalue weighted by Gasteiger charge is -2.22. The highest BCUT2D eigenvalue weighted by Crippen LogP contribution is 2.34. The van der Waals surface area contributed by atoms with E-state index in [0.717, 1.165) is 16.5 Å². The third-order valence-corrected chi connectivity index (χ3v) is 5.05. The van der Waals surface area contributed by atoms with Crippen LogP contribution in [0.25, 0.3) is 0 Å². The topological polar surface area (TPSA) is 73.1 Å². The number of thioether (sulfide) groups is 1. The van der Waals surface area contributed by atoms with Gasteiger partial charge in [-0.05, 0) is 44.2 Å². The van der Waals surface area contributed by atoms with Gasteiger partial charge < -0.3 is 10.4 Å². The van der Waals surface area contributed by atoms with Gasteiger partial charge in [0.2, 0.25) is 0 Å². The summed E-state index contributed by atoms with van der Waals surface area (Å²) in [5.74, 6) is -0.815. The molecule has 0 saturated heterocycles. The Hall–Kier alpha value is -2.50. The summed E-state index contributed by atoms with van der Waals surface area (Å²) in [4.78, 5) is 13.2. The third-order valence-electron chi connectivity index (χ3n) is 3.73. The highest BCUT2D eigenvalue weighted by Gasteiger charge is 2.35. The first-order valence-electron chi connectivity index (χ1n) is 7.87. The molecule has 1 amide bonds. The molecule has 4 nitrogen and oxygen atoms in total. The number of carbonyl (C=O) groups excluding carboxylic acids is 1. The van der Waals surface area contributed by atoms with E-state index in [0.29, 0.717) is 6.07 Å². The van der Waals surface area contributed by atoms with E-state index in [1.165, 1.54) is 30.8 Å². The van der Waals surface area contributed by atoms with E-state index >= 15 is 0 Å². The lowest BCUT2D eigenvalue weighted by atomic mass is 10.1. The van der Waals surface area contributed by atoms with Crippen LogP contribution in [-0.2, 0) is 11.0 Å². The van der Waals surface area contributed by atoms with E-state index in [2.05, 4.69) is 5.32 Å². The molecule has 0 aliphatic heterocycles. The van der Waals surface area contributed by atoms with E-state index in [1.807, 2.05) is 31.2 Å². The van der Waals surface area contributed by atoms with Crippen molar-refractivity contribution in [1.29, 1.82) is 5.26 Å². The number of hydrogen-bond donors (Lipinski definition) is 2. The molecule has 0 fully saturated rings. The van der Waals surface area contributed by atoms with Crippen molar-refractivity contribution in [1.82, 2.24) is 0 Å². The minimum atomic E-state index is -4.73. The first-order valence-corrected chi connectivity index (χ1v) is 8.86. The van der Waals surface area contributed by atoms with Gasteiger partial charge in [-0.25, -0.2) is 0 Å². The number of nitriles is 1. The molecule has 2 N–H and O–H groups in total. The van der Waals surface area contributed by atoms with Crippen molar-refractivity contribution in [3.63, 3.8) is 0 Å². The summed E-state index contributed by atoms with van der Waals surface area (Å²) < 4.78 is 39.0. The van der Waals surface area contributed by atoms with Crippen LogP contribution in [0.2, 0.25) is 0 Å². The molecule has 0 saturated carbocycles. The Morgan fingerprint density at radius 3 is 2.41 bits per heavy atom. The summed E-state index contributed by atoms with van der Waals surface area (Å²) in [7, 11) is 0. The van der Waals surface area contributed by atoms with Gasteiger partial charge in [0.1, 0.15) is 5.60 Å². The van der Waals surface area contributed by atoms with Crippen molar-refractivity contribution >= 4 is 23.4 Å². The van der Waals surface area contributed by atoms with Gasteiger partial charge in [0, 0.05) is 16.3 Å². The number of halogens is 3. The van der Waals surface area contributed by atoms with E-state index in [9.17, 15) is 23.1 Å². The molecule has 8 heteroatoms. The molecule has 1 atom stereocenters. The second-order valence-corrected chi connectivity index (χ2v) is 7.25. The van der Waals surface area contributed by atoms with Gasteiger partial charge in [-0.1, -0.05) is 17.7 Å². The maximum atomic E-state index is 13.0. The van der Waals surface area contributed by atoms with Crippen molar-refractivity contribution in [2.75, 3.05) is 11.1 Å². The number of nitrogens with one attached hydrogen (secondary N) is 1. The number of hydrogen-bond acceptors (Lipinski definition) is 4. The molecular weight excluding hydrogens is 377 g/mol.